The summed E-state index contributed by atoms with van der Waals surface area (Å²) in [5, 5.41) is 0. The highest BCUT2D eigenvalue weighted by atomic mass is 15.1. The first-order chi connectivity index (χ1) is 9.74. The molecule has 0 fully saturated rings. The average molecular weight is 268 g/mol. The number of rotatable bonds is 6. The molecule has 106 valence electrons. The predicted molar refractivity (Wildman–Crippen MR) is 87.5 cm³/mol. The third-order valence-corrected chi connectivity index (χ3v) is 3.61. The Hall–Kier alpha value is -1.83. The number of hydrogen-bond acceptors (Lipinski definition) is 2. The minimum absolute atomic E-state index is 0.346. The van der Waals surface area contributed by atoms with Crippen molar-refractivity contribution in [2.75, 3.05) is 20.6 Å². The van der Waals surface area contributed by atoms with Crippen molar-refractivity contribution in [3.63, 3.8) is 0 Å². The molecule has 0 spiro atoms. The van der Waals surface area contributed by atoms with E-state index in [0.717, 1.165) is 13.0 Å². The summed E-state index contributed by atoms with van der Waals surface area (Å²) in [6, 6.07) is 8.56. The fourth-order valence-electron chi connectivity index (χ4n) is 2.48. The van der Waals surface area contributed by atoms with Crippen molar-refractivity contribution in [3.05, 3.63) is 59.3 Å². The Morgan fingerprint density at radius 2 is 2.05 bits per heavy atom. The Labute approximate surface area is 122 Å². The lowest BCUT2D eigenvalue weighted by molar-refractivity contribution is 0.487. The number of unbranched alkanes of at least 4 members (excludes halogenated alkanes) is 1. The number of likely N-dealkylation sites (N-methyl/N-ethyl adjacent to an activating group) is 1. The van der Waals surface area contributed by atoms with Crippen LogP contribution in [0.15, 0.2) is 53.2 Å². The van der Waals surface area contributed by atoms with Gasteiger partial charge in [0, 0.05) is 38.5 Å². The molecule has 2 nitrogen and oxygen atoms in total. The minimum atomic E-state index is 0.346. The minimum Gasteiger partial charge on any atom is -0.380 e. The third kappa shape index (κ3) is 3.38. The topological polar surface area (TPSA) is 15.6 Å². The van der Waals surface area contributed by atoms with E-state index in [0.29, 0.717) is 5.92 Å². The lowest BCUT2D eigenvalue weighted by Gasteiger charge is -2.23. The van der Waals surface area contributed by atoms with E-state index >= 15 is 0 Å². The molecule has 0 heterocycles. The van der Waals surface area contributed by atoms with Gasteiger partial charge in [0.2, 0.25) is 0 Å². The van der Waals surface area contributed by atoms with Crippen LogP contribution in [0.5, 0.6) is 0 Å². The van der Waals surface area contributed by atoms with Gasteiger partial charge in [-0.2, -0.15) is 0 Å². The van der Waals surface area contributed by atoms with Gasteiger partial charge >= 0.3 is 0 Å². The number of allylic oxidation sites excluding steroid dienone is 3. The van der Waals surface area contributed by atoms with E-state index in [4.69, 9.17) is 0 Å². The molecule has 1 aromatic carbocycles. The number of nitrogens with zero attached hydrogens (tertiary/aromatic N) is 2. The van der Waals surface area contributed by atoms with Gasteiger partial charge in [-0.25, -0.2) is 0 Å². The summed E-state index contributed by atoms with van der Waals surface area (Å²) >= 11 is 0. The number of aliphatic imine (C=N–C) groups is 1. The van der Waals surface area contributed by atoms with E-state index in [2.05, 4.69) is 73.4 Å². The normalized spacial score (nSPS) is 17.8. The number of benzene rings is 1. The first-order valence-electron chi connectivity index (χ1n) is 7.38. The molecular formula is C18H24N2. The van der Waals surface area contributed by atoms with Crippen molar-refractivity contribution in [2.24, 2.45) is 4.99 Å². The standard InChI is InChI=1S/C18H24N2/c1-4-5-13-19-14-15-9-6-7-10-16(15)17-11-8-12-18(17)20(2)3/h6-12,14,17H,4-5,13H2,1-3H3. The number of hydrogen-bond donors (Lipinski definition) is 0. The summed E-state index contributed by atoms with van der Waals surface area (Å²) in [5.41, 5.74) is 3.90. The van der Waals surface area contributed by atoms with Crippen LogP contribution in [0.2, 0.25) is 0 Å². The van der Waals surface area contributed by atoms with Gasteiger partial charge < -0.3 is 4.90 Å². The van der Waals surface area contributed by atoms with E-state index in [1.807, 2.05) is 6.21 Å². The van der Waals surface area contributed by atoms with Crippen molar-refractivity contribution < 1.29 is 0 Å². The van der Waals surface area contributed by atoms with Gasteiger partial charge in [-0.15, -0.1) is 0 Å². The van der Waals surface area contributed by atoms with Crippen molar-refractivity contribution in [1.29, 1.82) is 0 Å². The van der Waals surface area contributed by atoms with E-state index in [1.165, 1.54) is 23.2 Å². The van der Waals surface area contributed by atoms with Crippen LogP contribution >= 0.6 is 0 Å². The largest absolute Gasteiger partial charge is 0.380 e. The van der Waals surface area contributed by atoms with Gasteiger partial charge in [0.1, 0.15) is 0 Å². The van der Waals surface area contributed by atoms with Crippen LogP contribution in [-0.2, 0) is 0 Å². The van der Waals surface area contributed by atoms with Gasteiger partial charge in [-0.1, -0.05) is 49.8 Å². The zero-order chi connectivity index (χ0) is 14.4. The molecular weight excluding hydrogens is 244 g/mol. The molecule has 0 N–H and O–H groups in total. The van der Waals surface area contributed by atoms with Crippen molar-refractivity contribution >= 4 is 6.21 Å². The molecule has 0 bridgehead atoms. The Kier molecular flexibility index (Phi) is 5.16. The lowest BCUT2D eigenvalue weighted by atomic mass is 9.93. The first kappa shape index (κ1) is 14.6. The van der Waals surface area contributed by atoms with Crippen LogP contribution < -0.4 is 0 Å². The summed E-state index contributed by atoms with van der Waals surface area (Å²) in [6.45, 7) is 3.11. The first-order valence-corrected chi connectivity index (χ1v) is 7.38. The van der Waals surface area contributed by atoms with Crippen molar-refractivity contribution in [1.82, 2.24) is 4.90 Å². The third-order valence-electron chi connectivity index (χ3n) is 3.61. The SMILES string of the molecule is CCCCN=Cc1ccccc1C1C=CC=C1N(C)C. The second kappa shape index (κ2) is 7.09. The summed E-state index contributed by atoms with van der Waals surface area (Å²) in [5.74, 6) is 0.346. The second-order valence-corrected chi connectivity index (χ2v) is 5.37. The smallest absolute Gasteiger partial charge is 0.0428 e. The molecule has 0 saturated carbocycles. The molecule has 0 saturated heterocycles. The van der Waals surface area contributed by atoms with Crippen LogP contribution in [0.1, 0.15) is 36.8 Å². The Morgan fingerprint density at radius 3 is 2.80 bits per heavy atom. The van der Waals surface area contributed by atoms with Gasteiger partial charge in [0.25, 0.3) is 0 Å². The van der Waals surface area contributed by atoms with Gasteiger partial charge in [-0.05, 0) is 23.6 Å². The van der Waals surface area contributed by atoms with Crippen molar-refractivity contribution in [3.8, 4) is 0 Å². The maximum absolute atomic E-state index is 4.55. The quantitative estimate of drug-likeness (QED) is 0.562. The fraction of sp³-hybridized carbons (Fsp3) is 0.389. The molecule has 0 aromatic heterocycles. The van der Waals surface area contributed by atoms with E-state index < -0.39 is 0 Å². The van der Waals surface area contributed by atoms with Gasteiger partial charge in [-0.3, -0.25) is 4.99 Å². The molecule has 2 rings (SSSR count). The summed E-state index contributed by atoms with van der Waals surface area (Å²) in [4.78, 5) is 6.74. The maximum Gasteiger partial charge on any atom is 0.0428 e. The summed E-state index contributed by atoms with van der Waals surface area (Å²) in [6.07, 6.45) is 11.0. The lowest BCUT2D eigenvalue weighted by Crippen LogP contribution is -2.16. The molecule has 1 unspecified atom stereocenters. The van der Waals surface area contributed by atoms with Crippen molar-refractivity contribution in [2.45, 2.75) is 25.7 Å². The maximum atomic E-state index is 4.55. The zero-order valence-electron chi connectivity index (χ0n) is 12.7. The van der Waals surface area contributed by atoms with E-state index in [1.54, 1.807) is 0 Å². The van der Waals surface area contributed by atoms with Crippen LogP contribution in [0.3, 0.4) is 0 Å². The predicted octanol–water partition coefficient (Wildman–Crippen LogP) is 4.00. The highest BCUT2D eigenvalue weighted by Crippen LogP contribution is 2.32. The van der Waals surface area contributed by atoms with Crippen LogP contribution in [-0.4, -0.2) is 31.8 Å². The second-order valence-electron chi connectivity index (χ2n) is 5.37. The summed E-state index contributed by atoms with van der Waals surface area (Å²) in [7, 11) is 4.20. The molecule has 20 heavy (non-hydrogen) atoms. The summed E-state index contributed by atoms with van der Waals surface area (Å²) < 4.78 is 0. The van der Waals surface area contributed by atoms with Gasteiger partial charge in [0.05, 0.1) is 0 Å². The van der Waals surface area contributed by atoms with E-state index in [-0.39, 0.29) is 0 Å². The molecule has 0 amide bonds. The highest BCUT2D eigenvalue weighted by Gasteiger charge is 2.20. The Bertz CT molecular complexity index is 524. The molecule has 1 atom stereocenters. The Morgan fingerprint density at radius 1 is 1.25 bits per heavy atom. The van der Waals surface area contributed by atoms with E-state index in [9.17, 15) is 0 Å². The molecule has 1 aliphatic carbocycles. The monoisotopic (exact) mass is 268 g/mol. The van der Waals surface area contributed by atoms with Gasteiger partial charge in [0.15, 0.2) is 0 Å². The molecule has 1 aliphatic rings. The average Bonchev–Trinajstić information content (AvgIpc) is 2.93. The molecule has 2 heteroatoms. The Balaban J connectivity index is 2.22. The van der Waals surface area contributed by atoms with Crippen LogP contribution in [0.4, 0.5) is 0 Å². The zero-order valence-corrected chi connectivity index (χ0v) is 12.7. The molecule has 0 aliphatic heterocycles. The fourth-order valence-corrected chi connectivity index (χ4v) is 2.48. The molecule has 1 aromatic rings. The highest BCUT2D eigenvalue weighted by molar-refractivity contribution is 5.82. The van der Waals surface area contributed by atoms with Crippen LogP contribution in [0.25, 0.3) is 0 Å². The molecule has 0 radical (unpaired) electrons. The van der Waals surface area contributed by atoms with Crippen LogP contribution in [0, 0.1) is 0 Å².